The summed E-state index contributed by atoms with van der Waals surface area (Å²) in [6.07, 6.45) is 0. The maximum absolute atomic E-state index is 13.8. The second-order valence-corrected chi connectivity index (χ2v) is 5.20. The van der Waals surface area contributed by atoms with Gasteiger partial charge in [-0.2, -0.15) is 0 Å². The fourth-order valence-corrected chi connectivity index (χ4v) is 2.15. The molecule has 6 heteroatoms. The standard InChI is InChI=1S/C13H8BrClF3N/c14-8-5-11(17)7(4-9(8)15)13(19)6-1-2-10(16)12(18)3-6/h1-5,13H,19H2. The lowest BCUT2D eigenvalue weighted by Crippen LogP contribution is -2.14. The minimum Gasteiger partial charge on any atom is -0.320 e. The first-order valence-electron chi connectivity index (χ1n) is 5.25. The van der Waals surface area contributed by atoms with Gasteiger partial charge in [-0.1, -0.05) is 17.7 Å². The Labute approximate surface area is 121 Å². The van der Waals surface area contributed by atoms with Crippen LogP contribution in [0.5, 0.6) is 0 Å². The highest BCUT2D eigenvalue weighted by atomic mass is 79.9. The van der Waals surface area contributed by atoms with Crippen LogP contribution in [-0.4, -0.2) is 0 Å². The zero-order valence-corrected chi connectivity index (χ0v) is 11.8. The van der Waals surface area contributed by atoms with E-state index in [1.54, 1.807) is 0 Å². The lowest BCUT2D eigenvalue weighted by molar-refractivity contribution is 0.506. The van der Waals surface area contributed by atoms with Crippen molar-refractivity contribution < 1.29 is 13.2 Å². The van der Waals surface area contributed by atoms with E-state index >= 15 is 0 Å². The van der Waals surface area contributed by atoms with Crippen LogP contribution in [0.15, 0.2) is 34.8 Å². The molecule has 0 saturated carbocycles. The summed E-state index contributed by atoms with van der Waals surface area (Å²) in [5, 5.41) is 0.287. The second-order valence-electron chi connectivity index (χ2n) is 3.94. The molecule has 0 amide bonds. The number of rotatable bonds is 2. The Morgan fingerprint density at radius 2 is 1.68 bits per heavy atom. The first-order valence-corrected chi connectivity index (χ1v) is 6.42. The molecule has 100 valence electrons. The van der Waals surface area contributed by atoms with Gasteiger partial charge in [0.2, 0.25) is 0 Å². The summed E-state index contributed by atoms with van der Waals surface area (Å²) in [5.74, 6) is -2.59. The highest BCUT2D eigenvalue weighted by Gasteiger charge is 2.17. The second kappa shape index (κ2) is 5.53. The van der Waals surface area contributed by atoms with Crippen LogP contribution in [0, 0.1) is 17.5 Å². The van der Waals surface area contributed by atoms with Gasteiger partial charge >= 0.3 is 0 Å². The molecule has 1 unspecified atom stereocenters. The predicted octanol–water partition coefficient (Wildman–Crippen LogP) is 4.57. The molecule has 0 fully saturated rings. The van der Waals surface area contributed by atoms with Crippen LogP contribution in [0.3, 0.4) is 0 Å². The van der Waals surface area contributed by atoms with Crippen molar-refractivity contribution in [2.24, 2.45) is 5.73 Å². The van der Waals surface area contributed by atoms with E-state index in [0.29, 0.717) is 4.47 Å². The lowest BCUT2D eigenvalue weighted by atomic mass is 9.99. The van der Waals surface area contributed by atoms with Crippen molar-refractivity contribution in [3.63, 3.8) is 0 Å². The van der Waals surface area contributed by atoms with Gasteiger partial charge in [0.1, 0.15) is 5.82 Å². The maximum atomic E-state index is 13.8. The number of nitrogens with two attached hydrogens (primary N) is 1. The SMILES string of the molecule is NC(c1ccc(F)c(F)c1)c1cc(Cl)c(Br)cc1F. The Morgan fingerprint density at radius 3 is 2.32 bits per heavy atom. The van der Waals surface area contributed by atoms with E-state index in [0.717, 1.165) is 12.1 Å². The monoisotopic (exact) mass is 349 g/mol. The van der Waals surface area contributed by atoms with Gasteiger partial charge in [-0.05, 0) is 45.8 Å². The van der Waals surface area contributed by atoms with Gasteiger partial charge in [-0.15, -0.1) is 0 Å². The molecule has 2 N–H and O–H groups in total. The fourth-order valence-electron chi connectivity index (χ4n) is 1.66. The van der Waals surface area contributed by atoms with Gasteiger partial charge in [0.05, 0.1) is 11.1 Å². The first-order chi connectivity index (χ1) is 8.90. The van der Waals surface area contributed by atoms with Crippen molar-refractivity contribution in [3.05, 3.63) is 68.4 Å². The van der Waals surface area contributed by atoms with Crippen molar-refractivity contribution in [1.82, 2.24) is 0 Å². The van der Waals surface area contributed by atoms with Crippen LogP contribution in [0.2, 0.25) is 5.02 Å². The zero-order chi connectivity index (χ0) is 14.2. The molecule has 0 heterocycles. The molecule has 19 heavy (non-hydrogen) atoms. The van der Waals surface area contributed by atoms with Crippen molar-refractivity contribution >= 4 is 27.5 Å². The Bertz CT molecular complexity index is 634. The van der Waals surface area contributed by atoms with E-state index in [-0.39, 0.29) is 16.1 Å². The van der Waals surface area contributed by atoms with Gasteiger partial charge in [-0.3, -0.25) is 0 Å². The normalized spacial score (nSPS) is 12.5. The summed E-state index contributed by atoms with van der Waals surface area (Å²) in [7, 11) is 0. The molecule has 0 radical (unpaired) electrons. The van der Waals surface area contributed by atoms with E-state index < -0.39 is 23.5 Å². The van der Waals surface area contributed by atoms with Crippen LogP contribution < -0.4 is 5.73 Å². The smallest absolute Gasteiger partial charge is 0.159 e. The molecular weight excluding hydrogens is 343 g/mol. The maximum Gasteiger partial charge on any atom is 0.159 e. The minimum atomic E-state index is -1.03. The van der Waals surface area contributed by atoms with Crippen LogP contribution in [0.25, 0.3) is 0 Å². The number of benzene rings is 2. The zero-order valence-electron chi connectivity index (χ0n) is 9.43. The third-order valence-electron chi connectivity index (χ3n) is 2.68. The van der Waals surface area contributed by atoms with Crippen LogP contribution in [0.4, 0.5) is 13.2 Å². The van der Waals surface area contributed by atoms with Gasteiger partial charge in [0.25, 0.3) is 0 Å². The van der Waals surface area contributed by atoms with E-state index in [2.05, 4.69) is 15.9 Å². The molecule has 0 aliphatic carbocycles. The summed E-state index contributed by atoms with van der Waals surface area (Å²) < 4.78 is 40.2. The lowest BCUT2D eigenvalue weighted by Gasteiger charge is -2.14. The molecule has 2 aromatic rings. The number of halogens is 5. The average molecular weight is 351 g/mol. The summed E-state index contributed by atoms with van der Waals surface area (Å²) >= 11 is 8.96. The topological polar surface area (TPSA) is 26.0 Å². The summed E-state index contributed by atoms with van der Waals surface area (Å²) in [4.78, 5) is 0. The quantitative estimate of drug-likeness (QED) is 0.789. The Morgan fingerprint density at radius 1 is 1.00 bits per heavy atom. The molecule has 0 bridgehead atoms. The van der Waals surface area contributed by atoms with E-state index in [9.17, 15) is 13.2 Å². The molecular formula is C13H8BrClF3N. The largest absolute Gasteiger partial charge is 0.320 e. The third kappa shape index (κ3) is 2.94. The van der Waals surface area contributed by atoms with Crippen molar-refractivity contribution in [2.45, 2.75) is 6.04 Å². The molecule has 0 aromatic heterocycles. The van der Waals surface area contributed by atoms with E-state index in [1.807, 2.05) is 0 Å². The molecule has 0 aliphatic rings. The van der Waals surface area contributed by atoms with E-state index in [1.165, 1.54) is 18.2 Å². The summed E-state index contributed by atoms with van der Waals surface area (Å²) in [6, 6.07) is 4.79. The molecule has 2 aromatic carbocycles. The summed E-state index contributed by atoms with van der Waals surface area (Å²) in [6.45, 7) is 0. The third-order valence-corrected chi connectivity index (χ3v) is 3.87. The Balaban J connectivity index is 2.46. The van der Waals surface area contributed by atoms with Crippen molar-refractivity contribution in [3.8, 4) is 0 Å². The van der Waals surface area contributed by atoms with Crippen molar-refractivity contribution in [2.75, 3.05) is 0 Å². The van der Waals surface area contributed by atoms with Gasteiger partial charge < -0.3 is 5.73 Å². The Kier molecular flexibility index (Phi) is 4.18. The highest BCUT2D eigenvalue weighted by molar-refractivity contribution is 9.10. The fraction of sp³-hybridized carbons (Fsp3) is 0.0769. The molecule has 0 saturated heterocycles. The molecule has 0 spiro atoms. The van der Waals surface area contributed by atoms with Crippen LogP contribution in [0.1, 0.15) is 17.2 Å². The first kappa shape index (κ1) is 14.4. The van der Waals surface area contributed by atoms with E-state index in [4.69, 9.17) is 17.3 Å². The molecule has 0 aliphatic heterocycles. The van der Waals surface area contributed by atoms with Gasteiger partial charge in [-0.25, -0.2) is 13.2 Å². The summed E-state index contributed by atoms with van der Waals surface area (Å²) in [5.41, 5.74) is 6.22. The number of hydrogen-bond donors (Lipinski definition) is 1. The average Bonchev–Trinajstić information content (AvgIpc) is 2.36. The minimum absolute atomic E-state index is 0.110. The molecule has 1 atom stereocenters. The van der Waals surface area contributed by atoms with Gasteiger partial charge in [0, 0.05) is 10.0 Å². The van der Waals surface area contributed by atoms with Crippen LogP contribution in [-0.2, 0) is 0 Å². The van der Waals surface area contributed by atoms with Crippen molar-refractivity contribution in [1.29, 1.82) is 0 Å². The number of hydrogen-bond acceptors (Lipinski definition) is 1. The Hall–Kier alpha value is -1.04. The van der Waals surface area contributed by atoms with Crippen LogP contribution >= 0.6 is 27.5 Å². The molecule has 1 nitrogen and oxygen atoms in total. The van der Waals surface area contributed by atoms with Gasteiger partial charge in [0.15, 0.2) is 11.6 Å². The molecule has 2 rings (SSSR count). The highest BCUT2D eigenvalue weighted by Crippen LogP contribution is 2.30. The predicted molar refractivity (Wildman–Crippen MR) is 71.5 cm³/mol.